The zero-order chi connectivity index (χ0) is 31.5. The average Bonchev–Trinajstić information content (AvgIpc) is 3.12. The third kappa shape index (κ3) is 6.21. The summed E-state index contributed by atoms with van der Waals surface area (Å²) in [6.07, 6.45) is 0. The van der Waals surface area contributed by atoms with Crippen molar-refractivity contribution in [3.63, 3.8) is 0 Å². The van der Waals surface area contributed by atoms with Gasteiger partial charge in [0.05, 0.1) is 8.07 Å². The number of hydrogen-bond acceptors (Lipinski definition) is 3. The van der Waals surface area contributed by atoms with Gasteiger partial charge in [0.15, 0.2) is 17.5 Å². The zero-order valence-corrected chi connectivity index (χ0v) is 27.4. The minimum Gasteiger partial charge on any atom is -0.208 e. The largest absolute Gasteiger partial charge is 0.208 e. The number of benzene rings is 6. The molecule has 0 aliphatic carbocycles. The summed E-state index contributed by atoms with van der Waals surface area (Å²) in [5.41, 5.74) is 9.78. The minimum absolute atomic E-state index is 0.645. The van der Waals surface area contributed by atoms with E-state index in [1.807, 2.05) is 42.5 Å². The van der Waals surface area contributed by atoms with Gasteiger partial charge >= 0.3 is 0 Å². The average molecular weight is 610 g/mol. The summed E-state index contributed by atoms with van der Waals surface area (Å²) in [5, 5.41) is 1.47. The highest BCUT2D eigenvalue weighted by atomic mass is 28.3. The van der Waals surface area contributed by atoms with Crippen molar-refractivity contribution in [2.75, 3.05) is 0 Å². The third-order valence-electron chi connectivity index (χ3n) is 8.32. The molecule has 7 rings (SSSR count). The predicted octanol–water partition coefficient (Wildman–Crippen LogP) is 10.4. The van der Waals surface area contributed by atoms with Crippen molar-refractivity contribution in [1.29, 1.82) is 0 Å². The third-order valence-corrected chi connectivity index (χ3v) is 10.4. The van der Waals surface area contributed by atoms with E-state index < -0.39 is 8.07 Å². The van der Waals surface area contributed by atoms with E-state index >= 15 is 0 Å². The van der Waals surface area contributed by atoms with E-state index in [9.17, 15) is 0 Å². The van der Waals surface area contributed by atoms with Crippen molar-refractivity contribution in [1.82, 2.24) is 15.0 Å². The van der Waals surface area contributed by atoms with Gasteiger partial charge < -0.3 is 0 Å². The summed E-state index contributed by atoms with van der Waals surface area (Å²) in [5.74, 6) is 1.95. The molecule has 0 unspecified atom stereocenters. The van der Waals surface area contributed by atoms with Crippen LogP contribution in [0.15, 0.2) is 158 Å². The van der Waals surface area contributed by atoms with E-state index in [-0.39, 0.29) is 0 Å². The van der Waals surface area contributed by atoms with Gasteiger partial charge in [-0.15, -0.1) is 0 Å². The normalized spacial score (nSPS) is 11.4. The molecule has 46 heavy (non-hydrogen) atoms. The van der Waals surface area contributed by atoms with Gasteiger partial charge in [0.1, 0.15) is 0 Å². The molecule has 0 aliphatic rings. The van der Waals surface area contributed by atoms with Crippen molar-refractivity contribution >= 4 is 13.3 Å². The summed E-state index contributed by atoms with van der Waals surface area (Å²) in [6.45, 7) is 7.15. The van der Waals surface area contributed by atoms with Crippen LogP contribution in [-0.2, 0) is 0 Å². The molecule has 0 spiro atoms. The molecule has 7 aromatic rings. The molecule has 0 saturated carbocycles. The highest BCUT2D eigenvalue weighted by Crippen LogP contribution is 2.33. The molecule has 0 radical (unpaired) electrons. The summed E-state index contributed by atoms with van der Waals surface area (Å²) in [4.78, 5) is 15.1. The first-order chi connectivity index (χ1) is 22.4. The fourth-order valence-electron chi connectivity index (χ4n) is 5.77. The Bertz CT molecular complexity index is 2120. The number of rotatable bonds is 7. The van der Waals surface area contributed by atoms with Gasteiger partial charge in [-0.05, 0) is 45.5 Å². The molecule has 0 N–H and O–H groups in total. The lowest BCUT2D eigenvalue weighted by molar-refractivity contribution is 1.07. The quantitative estimate of drug-likeness (QED) is 0.169. The molecule has 0 amide bonds. The van der Waals surface area contributed by atoms with Crippen LogP contribution in [0.3, 0.4) is 0 Å². The maximum absolute atomic E-state index is 5.09. The molecule has 1 heterocycles. The second kappa shape index (κ2) is 12.5. The van der Waals surface area contributed by atoms with Crippen LogP contribution >= 0.6 is 0 Å². The highest BCUT2D eigenvalue weighted by Gasteiger charge is 2.17. The van der Waals surface area contributed by atoms with Crippen molar-refractivity contribution in [2.24, 2.45) is 0 Å². The lowest BCUT2D eigenvalue weighted by atomic mass is 9.97. The fourth-order valence-corrected chi connectivity index (χ4v) is 6.93. The fraction of sp³-hybridized carbons (Fsp3) is 0.0714. The maximum Gasteiger partial charge on any atom is 0.164 e. The monoisotopic (exact) mass is 609 g/mol. The van der Waals surface area contributed by atoms with Crippen LogP contribution in [0.2, 0.25) is 19.6 Å². The number of nitrogens with zero attached hydrogens (tertiary/aromatic N) is 3. The van der Waals surface area contributed by atoms with E-state index in [0.717, 1.165) is 38.9 Å². The van der Waals surface area contributed by atoms with Crippen molar-refractivity contribution in [3.05, 3.63) is 158 Å². The maximum atomic E-state index is 5.09. The number of aromatic nitrogens is 3. The van der Waals surface area contributed by atoms with E-state index in [0.29, 0.717) is 17.5 Å². The van der Waals surface area contributed by atoms with E-state index in [1.165, 1.54) is 16.3 Å². The van der Waals surface area contributed by atoms with Crippen LogP contribution in [0.25, 0.3) is 67.5 Å². The molecule has 0 saturated heterocycles. The zero-order valence-electron chi connectivity index (χ0n) is 26.4. The van der Waals surface area contributed by atoms with Gasteiger partial charge in [0.2, 0.25) is 0 Å². The van der Waals surface area contributed by atoms with E-state index in [4.69, 9.17) is 15.0 Å². The summed E-state index contributed by atoms with van der Waals surface area (Å²) in [7, 11) is -1.35. The van der Waals surface area contributed by atoms with Gasteiger partial charge in [-0.1, -0.05) is 170 Å². The van der Waals surface area contributed by atoms with Crippen LogP contribution in [0.5, 0.6) is 0 Å². The number of hydrogen-bond donors (Lipinski definition) is 0. The van der Waals surface area contributed by atoms with Gasteiger partial charge in [-0.25, -0.2) is 15.0 Å². The van der Waals surface area contributed by atoms with Gasteiger partial charge in [-0.3, -0.25) is 0 Å². The first-order valence-electron chi connectivity index (χ1n) is 15.7. The van der Waals surface area contributed by atoms with Crippen LogP contribution in [-0.4, -0.2) is 23.0 Å². The summed E-state index contributed by atoms with van der Waals surface area (Å²) >= 11 is 0. The molecule has 1 aromatic heterocycles. The van der Waals surface area contributed by atoms with Crippen LogP contribution < -0.4 is 5.19 Å². The van der Waals surface area contributed by atoms with Crippen LogP contribution in [0.4, 0.5) is 0 Å². The summed E-state index contributed by atoms with van der Waals surface area (Å²) in [6, 6.07) is 55.2. The molecule has 0 atom stereocenters. The lowest BCUT2D eigenvalue weighted by Crippen LogP contribution is -2.37. The van der Waals surface area contributed by atoms with Crippen molar-refractivity contribution in [3.8, 4) is 67.5 Å². The predicted molar refractivity (Wildman–Crippen MR) is 195 cm³/mol. The first-order valence-corrected chi connectivity index (χ1v) is 19.2. The molecule has 6 aromatic carbocycles. The Kier molecular flexibility index (Phi) is 7.96. The highest BCUT2D eigenvalue weighted by molar-refractivity contribution is 6.88. The molecule has 0 aliphatic heterocycles. The van der Waals surface area contributed by atoms with Crippen molar-refractivity contribution < 1.29 is 0 Å². The molecule has 4 heteroatoms. The second-order valence-electron chi connectivity index (χ2n) is 12.6. The van der Waals surface area contributed by atoms with Crippen LogP contribution in [0, 0.1) is 0 Å². The Morgan fingerprint density at radius 2 is 0.761 bits per heavy atom. The molecule has 222 valence electrons. The first kappa shape index (κ1) is 29.3. The lowest BCUT2D eigenvalue weighted by Gasteiger charge is -2.17. The summed E-state index contributed by atoms with van der Waals surface area (Å²) < 4.78 is 0. The SMILES string of the molecule is C[Si](C)(C)c1ccc(-c2cccc(-c3cccc(-c4nc(-c5ccccc5)nc(-c5ccccc5-c5ccccc5)n4)c3)c2)cc1. The Balaban J connectivity index is 1.31. The van der Waals surface area contributed by atoms with Gasteiger partial charge in [0, 0.05) is 16.7 Å². The Hall–Kier alpha value is -5.45. The molecular formula is C42H35N3Si. The van der Waals surface area contributed by atoms with Crippen LogP contribution in [0.1, 0.15) is 0 Å². The minimum atomic E-state index is -1.35. The van der Waals surface area contributed by atoms with E-state index in [1.54, 1.807) is 0 Å². The van der Waals surface area contributed by atoms with Gasteiger partial charge in [0.25, 0.3) is 0 Å². The Morgan fingerprint density at radius 3 is 1.37 bits per heavy atom. The topological polar surface area (TPSA) is 38.7 Å². The molecule has 0 fully saturated rings. The Labute approximate surface area is 272 Å². The molecule has 3 nitrogen and oxygen atoms in total. The standard InChI is InChI=1S/C42H35N3Si/c1-46(2,3)37-26-24-30(25-27-37)33-18-12-19-34(28-33)35-20-13-21-36(29-35)41-43-40(32-16-8-5-9-17-32)44-42(45-41)39-23-11-10-22-38(39)31-14-6-4-7-15-31/h4-29H,1-3H3. The van der Waals surface area contributed by atoms with Gasteiger partial charge in [-0.2, -0.15) is 0 Å². The molecule has 0 bridgehead atoms. The van der Waals surface area contributed by atoms with Crippen molar-refractivity contribution in [2.45, 2.75) is 19.6 Å². The van der Waals surface area contributed by atoms with E-state index in [2.05, 4.69) is 135 Å². The smallest absolute Gasteiger partial charge is 0.164 e. The Morgan fingerprint density at radius 1 is 0.326 bits per heavy atom. The second-order valence-corrected chi connectivity index (χ2v) is 17.7. The molecular weight excluding hydrogens is 575 g/mol.